The SMILES string of the molecule is Cc1cc(C)c(C(=O)O)c(NCCN(C)C(C)C)n1. The zero-order chi connectivity index (χ0) is 14.6. The summed E-state index contributed by atoms with van der Waals surface area (Å²) in [5, 5.41) is 12.4. The molecule has 0 fully saturated rings. The summed E-state index contributed by atoms with van der Waals surface area (Å²) >= 11 is 0. The van der Waals surface area contributed by atoms with E-state index in [9.17, 15) is 9.90 Å². The molecule has 0 radical (unpaired) electrons. The van der Waals surface area contributed by atoms with Crippen molar-refractivity contribution in [2.45, 2.75) is 33.7 Å². The highest BCUT2D eigenvalue weighted by Crippen LogP contribution is 2.18. The number of carboxylic acids is 1. The summed E-state index contributed by atoms with van der Waals surface area (Å²) in [6, 6.07) is 2.25. The van der Waals surface area contributed by atoms with Crippen molar-refractivity contribution in [3.63, 3.8) is 0 Å². The fourth-order valence-corrected chi connectivity index (χ4v) is 1.84. The molecule has 106 valence electrons. The number of nitrogens with one attached hydrogen (secondary N) is 1. The second kappa shape index (κ2) is 6.52. The minimum Gasteiger partial charge on any atom is -0.478 e. The number of hydrogen-bond acceptors (Lipinski definition) is 4. The number of aromatic carboxylic acids is 1. The predicted octanol–water partition coefficient (Wildman–Crippen LogP) is 2.15. The molecule has 0 saturated heterocycles. The monoisotopic (exact) mass is 265 g/mol. The first-order valence-corrected chi connectivity index (χ1v) is 6.48. The molecule has 1 aromatic rings. The molecular formula is C14H23N3O2. The van der Waals surface area contributed by atoms with Gasteiger partial charge in [0.2, 0.25) is 0 Å². The zero-order valence-electron chi connectivity index (χ0n) is 12.3. The second-order valence-corrected chi connectivity index (χ2v) is 5.11. The average molecular weight is 265 g/mol. The van der Waals surface area contributed by atoms with E-state index in [4.69, 9.17) is 0 Å². The van der Waals surface area contributed by atoms with E-state index in [2.05, 4.69) is 29.0 Å². The van der Waals surface area contributed by atoms with Crippen molar-refractivity contribution in [3.05, 3.63) is 22.9 Å². The van der Waals surface area contributed by atoms with Gasteiger partial charge in [-0.05, 0) is 46.4 Å². The van der Waals surface area contributed by atoms with Crippen molar-refractivity contribution < 1.29 is 9.90 Å². The van der Waals surface area contributed by atoms with Crippen molar-refractivity contribution >= 4 is 11.8 Å². The number of aromatic nitrogens is 1. The average Bonchev–Trinajstić information content (AvgIpc) is 2.26. The Balaban J connectivity index is 2.80. The molecule has 1 heterocycles. The van der Waals surface area contributed by atoms with Crippen LogP contribution in [0.15, 0.2) is 6.07 Å². The highest BCUT2D eigenvalue weighted by molar-refractivity contribution is 5.94. The first-order valence-electron chi connectivity index (χ1n) is 6.48. The molecule has 19 heavy (non-hydrogen) atoms. The summed E-state index contributed by atoms with van der Waals surface area (Å²) in [4.78, 5) is 17.7. The molecule has 0 aromatic carbocycles. The molecule has 5 nitrogen and oxygen atoms in total. The standard InChI is InChI=1S/C14H23N3O2/c1-9(2)17(5)7-6-15-13-12(14(18)19)10(3)8-11(4)16-13/h8-9H,6-7H2,1-5H3,(H,15,16)(H,18,19). The van der Waals surface area contributed by atoms with Gasteiger partial charge in [0.05, 0.1) is 0 Å². The lowest BCUT2D eigenvalue weighted by Crippen LogP contribution is -2.31. The molecular weight excluding hydrogens is 242 g/mol. The fourth-order valence-electron chi connectivity index (χ4n) is 1.84. The Bertz CT molecular complexity index is 458. The summed E-state index contributed by atoms with van der Waals surface area (Å²) in [5.41, 5.74) is 1.82. The Morgan fingerprint density at radius 3 is 2.63 bits per heavy atom. The van der Waals surface area contributed by atoms with Crippen LogP contribution in [0.3, 0.4) is 0 Å². The van der Waals surface area contributed by atoms with E-state index in [0.717, 1.165) is 17.8 Å². The van der Waals surface area contributed by atoms with E-state index in [-0.39, 0.29) is 5.56 Å². The smallest absolute Gasteiger partial charge is 0.339 e. The maximum Gasteiger partial charge on any atom is 0.339 e. The Morgan fingerprint density at radius 2 is 2.11 bits per heavy atom. The first-order chi connectivity index (χ1) is 8.82. The summed E-state index contributed by atoms with van der Waals surface area (Å²) in [5.74, 6) is -0.480. The lowest BCUT2D eigenvalue weighted by Gasteiger charge is -2.21. The van der Waals surface area contributed by atoms with Crippen molar-refractivity contribution in [3.8, 4) is 0 Å². The van der Waals surface area contributed by atoms with E-state index in [1.165, 1.54) is 0 Å². The lowest BCUT2D eigenvalue weighted by molar-refractivity contribution is 0.0697. The molecule has 0 saturated carbocycles. The van der Waals surface area contributed by atoms with Crippen LogP contribution in [0.4, 0.5) is 5.82 Å². The van der Waals surface area contributed by atoms with Gasteiger partial charge in [0.1, 0.15) is 11.4 Å². The van der Waals surface area contributed by atoms with Gasteiger partial charge in [-0.15, -0.1) is 0 Å². The van der Waals surface area contributed by atoms with E-state index in [0.29, 0.717) is 18.4 Å². The number of carboxylic acid groups (broad SMARTS) is 1. The third-order valence-corrected chi connectivity index (χ3v) is 3.20. The van der Waals surface area contributed by atoms with Gasteiger partial charge in [0, 0.05) is 24.8 Å². The van der Waals surface area contributed by atoms with Crippen molar-refractivity contribution in [2.75, 3.05) is 25.5 Å². The van der Waals surface area contributed by atoms with Gasteiger partial charge in [0.25, 0.3) is 0 Å². The topological polar surface area (TPSA) is 65.5 Å². The van der Waals surface area contributed by atoms with Gasteiger partial charge in [-0.2, -0.15) is 0 Å². The van der Waals surface area contributed by atoms with Gasteiger partial charge in [-0.25, -0.2) is 9.78 Å². The molecule has 1 rings (SSSR count). The van der Waals surface area contributed by atoms with Gasteiger partial charge < -0.3 is 15.3 Å². The highest BCUT2D eigenvalue weighted by Gasteiger charge is 2.15. The maximum atomic E-state index is 11.3. The third-order valence-electron chi connectivity index (χ3n) is 3.20. The van der Waals surface area contributed by atoms with Crippen LogP contribution in [-0.4, -0.2) is 47.1 Å². The first kappa shape index (κ1) is 15.4. The molecule has 0 amide bonds. The van der Waals surface area contributed by atoms with Crippen molar-refractivity contribution in [1.29, 1.82) is 0 Å². The molecule has 1 aromatic heterocycles. The molecule has 2 N–H and O–H groups in total. The number of rotatable bonds is 6. The minimum atomic E-state index is -0.940. The number of hydrogen-bond donors (Lipinski definition) is 2. The van der Waals surface area contributed by atoms with Crippen LogP contribution in [0.1, 0.15) is 35.5 Å². The lowest BCUT2D eigenvalue weighted by atomic mass is 10.1. The third kappa shape index (κ3) is 4.21. The summed E-state index contributed by atoms with van der Waals surface area (Å²) < 4.78 is 0. The van der Waals surface area contributed by atoms with E-state index < -0.39 is 5.97 Å². The molecule has 0 spiro atoms. The summed E-state index contributed by atoms with van der Waals surface area (Å²) in [7, 11) is 2.04. The van der Waals surface area contributed by atoms with Crippen molar-refractivity contribution in [2.24, 2.45) is 0 Å². The molecule has 0 unspecified atom stereocenters. The molecule has 0 bridgehead atoms. The number of likely N-dealkylation sites (N-methyl/N-ethyl adjacent to an activating group) is 1. The molecule has 5 heteroatoms. The quantitative estimate of drug-likeness (QED) is 0.825. The van der Waals surface area contributed by atoms with Crippen LogP contribution >= 0.6 is 0 Å². The molecule has 0 aliphatic rings. The van der Waals surface area contributed by atoms with Gasteiger partial charge in [-0.3, -0.25) is 0 Å². The molecule has 0 aliphatic heterocycles. The Hall–Kier alpha value is -1.62. The number of anilines is 1. The van der Waals surface area contributed by atoms with E-state index in [1.54, 1.807) is 13.0 Å². The maximum absolute atomic E-state index is 11.3. The number of carbonyl (C=O) groups is 1. The number of aryl methyl sites for hydroxylation is 2. The highest BCUT2D eigenvalue weighted by atomic mass is 16.4. The molecule has 0 atom stereocenters. The predicted molar refractivity (Wildman–Crippen MR) is 76.9 cm³/mol. The zero-order valence-corrected chi connectivity index (χ0v) is 12.3. The normalized spacial score (nSPS) is 11.1. The van der Waals surface area contributed by atoms with Crippen LogP contribution in [0.25, 0.3) is 0 Å². The van der Waals surface area contributed by atoms with Crippen LogP contribution < -0.4 is 5.32 Å². The minimum absolute atomic E-state index is 0.262. The van der Waals surface area contributed by atoms with Crippen molar-refractivity contribution in [1.82, 2.24) is 9.88 Å². The van der Waals surface area contributed by atoms with Gasteiger partial charge in [0.15, 0.2) is 0 Å². The Labute approximate surface area is 114 Å². The van der Waals surface area contributed by atoms with E-state index in [1.807, 2.05) is 14.0 Å². The van der Waals surface area contributed by atoms with Crippen LogP contribution in [-0.2, 0) is 0 Å². The Morgan fingerprint density at radius 1 is 1.47 bits per heavy atom. The fraction of sp³-hybridized carbons (Fsp3) is 0.571. The Kier molecular flexibility index (Phi) is 5.30. The number of pyridine rings is 1. The second-order valence-electron chi connectivity index (χ2n) is 5.11. The van der Waals surface area contributed by atoms with Gasteiger partial charge >= 0.3 is 5.97 Å². The van der Waals surface area contributed by atoms with Crippen LogP contribution in [0.5, 0.6) is 0 Å². The summed E-state index contributed by atoms with van der Waals surface area (Å²) in [6.45, 7) is 9.42. The van der Waals surface area contributed by atoms with Crippen LogP contribution in [0.2, 0.25) is 0 Å². The number of nitrogens with zero attached hydrogens (tertiary/aromatic N) is 2. The van der Waals surface area contributed by atoms with Gasteiger partial charge in [-0.1, -0.05) is 0 Å². The largest absolute Gasteiger partial charge is 0.478 e. The van der Waals surface area contributed by atoms with Crippen LogP contribution in [0, 0.1) is 13.8 Å². The summed E-state index contributed by atoms with van der Waals surface area (Å²) in [6.07, 6.45) is 0. The van der Waals surface area contributed by atoms with E-state index >= 15 is 0 Å². The molecule has 0 aliphatic carbocycles.